The molecular weight excluding hydrogens is 298 g/mol. The minimum atomic E-state index is 0.200. The monoisotopic (exact) mass is 320 g/mol. The van der Waals surface area contributed by atoms with Crippen LogP contribution < -0.4 is 20.3 Å². The van der Waals surface area contributed by atoms with Crippen molar-refractivity contribution in [2.45, 2.75) is 6.04 Å². The Bertz CT molecular complexity index is 582. The van der Waals surface area contributed by atoms with E-state index in [1.165, 1.54) is 4.90 Å². The van der Waals surface area contributed by atoms with E-state index < -0.39 is 0 Å². The maximum absolute atomic E-state index is 5.49. The molecule has 0 aliphatic heterocycles. The van der Waals surface area contributed by atoms with Gasteiger partial charge in [0.05, 0.1) is 34.0 Å². The van der Waals surface area contributed by atoms with Gasteiger partial charge in [0.15, 0.2) is 16.9 Å². The standard InChI is InChI=1S/C16H21N3O2S/c1-19(2)14(15-5-4-10-21-15)11-17-16(22)18-12-6-8-13(20-3)9-7-12/h4-10,14H,11H2,1-3H3,(H2,17,18,22)/p+1/t14-/m1/s1. The number of benzene rings is 1. The highest BCUT2D eigenvalue weighted by atomic mass is 32.1. The van der Waals surface area contributed by atoms with Crippen LogP contribution in [0.15, 0.2) is 47.1 Å². The number of ether oxygens (including phenoxy) is 1. The number of methoxy groups -OCH3 is 1. The summed E-state index contributed by atoms with van der Waals surface area (Å²) in [5.41, 5.74) is 0.921. The van der Waals surface area contributed by atoms with Crippen LogP contribution in [0.3, 0.4) is 0 Å². The molecule has 2 aromatic rings. The third-order valence-electron chi connectivity index (χ3n) is 3.40. The Kier molecular flexibility index (Phi) is 5.80. The number of hydrogen-bond donors (Lipinski definition) is 3. The molecule has 0 bridgehead atoms. The molecule has 0 spiro atoms. The zero-order valence-electron chi connectivity index (χ0n) is 13.1. The van der Waals surface area contributed by atoms with Crippen molar-refractivity contribution in [3.63, 3.8) is 0 Å². The van der Waals surface area contributed by atoms with Crippen LogP contribution in [-0.4, -0.2) is 32.9 Å². The Morgan fingerprint density at radius 1 is 1.27 bits per heavy atom. The van der Waals surface area contributed by atoms with Gasteiger partial charge in [-0.1, -0.05) is 0 Å². The van der Waals surface area contributed by atoms with Gasteiger partial charge in [-0.05, 0) is 48.6 Å². The van der Waals surface area contributed by atoms with Crippen molar-refractivity contribution in [1.29, 1.82) is 0 Å². The number of nitrogens with one attached hydrogen (secondary N) is 3. The van der Waals surface area contributed by atoms with Gasteiger partial charge in [-0.15, -0.1) is 0 Å². The van der Waals surface area contributed by atoms with Crippen molar-refractivity contribution in [2.75, 3.05) is 33.1 Å². The lowest BCUT2D eigenvalue weighted by Crippen LogP contribution is -3.07. The van der Waals surface area contributed by atoms with Crippen molar-refractivity contribution in [1.82, 2.24) is 5.32 Å². The van der Waals surface area contributed by atoms with Gasteiger partial charge in [-0.2, -0.15) is 0 Å². The van der Waals surface area contributed by atoms with Gasteiger partial charge in [0.25, 0.3) is 0 Å². The number of thiocarbonyl (C=S) groups is 1. The Balaban J connectivity index is 1.88. The molecule has 0 amide bonds. The molecule has 0 fully saturated rings. The highest BCUT2D eigenvalue weighted by Gasteiger charge is 2.20. The zero-order chi connectivity index (χ0) is 15.9. The normalized spacial score (nSPS) is 12.0. The smallest absolute Gasteiger partial charge is 0.171 e. The average Bonchev–Trinajstić information content (AvgIpc) is 3.02. The molecule has 0 saturated heterocycles. The van der Waals surface area contributed by atoms with E-state index in [4.69, 9.17) is 21.4 Å². The first kappa shape index (κ1) is 16.3. The van der Waals surface area contributed by atoms with Crippen molar-refractivity contribution in [3.8, 4) is 5.75 Å². The summed E-state index contributed by atoms with van der Waals surface area (Å²) < 4.78 is 10.6. The van der Waals surface area contributed by atoms with E-state index in [1.807, 2.05) is 36.4 Å². The molecular formula is C16H22N3O2S+. The minimum Gasteiger partial charge on any atom is -0.497 e. The quantitative estimate of drug-likeness (QED) is 0.704. The highest BCUT2D eigenvalue weighted by Crippen LogP contribution is 2.15. The van der Waals surface area contributed by atoms with Gasteiger partial charge in [0, 0.05) is 5.69 Å². The van der Waals surface area contributed by atoms with Gasteiger partial charge in [0.2, 0.25) is 0 Å². The van der Waals surface area contributed by atoms with Crippen LogP contribution in [0.5, 0.6) is 5.75 Å². The molecule has 22 heavy (non-hydrogen) atoms. The van der Waals surface area contributed by atoms with Crippen LogP contribution in [0.2, 0.25) is 0 Å². The van der Waals surface area contributed by atoms with Crippen LogP contribution in [0.25, 0.3) is 0 Å². The van der Waals surface area contributed by atoms with Crippen LogP contribution >= 0.6 is 12.2 Å². The first-order valence-corrected chi connectivity index (χ1v) is 7.53. The third kappa shape index (κ3) is 4.47. The van der Waals surface area contributed by atoms with E-state index in [1.54, 1.807) is 13.4 Å². The van der Waals surface area contributed by atoms with E-state index in [2.05, 4.69) is 24.7 Å². The minimum absolute atomic E-state index is 0.200. The summed E-state index contributed by atoms with van der Waals surface area (Å²) in [6.45, 7) is 0.692. The molecule has 1 atom stereocenters. The largest absolute Gasteiger partial charge is 0.497 e. The molecule has 5 nitrogen and oxygen atoms in total. The molecule has 1 aromatic heterocycles. The number of quaternary nitrogens is 1. The summed E-state index contributed by atoms with van der Waals surface area (Å²) in [7, 11) is 5.83. The molecule has 0 unspecified atom stereocenters. The van der Waals surface area contributed by atoms with E-state index in [9.17, 15) is 0 Å². The van der Waals surface area contributed by atoms with Gasteiger partial charge < -0.3 is 24.7 Å². The number of likely N-dealkylation sites (N-methyl/N-ethyl adjacent to an activating group) is 1. The molecule has 118 valence electrons. The van der Waals surface area contributed by atoms with Crippen LogP contribution in [-0.2, 0) is 0 Å². The SMILES string of the molecule is COc1ccc(NC(=S)NC[C@H](c2ccco2)[NH+](C)C)cc1. The average molecular weight is 320 g/mol. The molecule has 0 aliphatic rings. The fourth-order valence-corrected chi connectivity index (χ4v) is 2.32. The zero-order valence-corrected chi connectivity index (χ0v) is 13.9. The number of rotatable bonds is 6. The summed E-state index contributed by atoms with van der Waals surface area (Å²) in [4.78, 5) is 1.27. The topological polar surface area (TPSA) is 50.9 Å². The van der Waals surface area contributed by atoms with Gasteiger partial charge >= 0.3 is 0 Å². The van der Waals surface area contributed by atoms with Crippen molar-refractivity contribution in [3.05, 3.63) is 48.4 Å². The number of hydrogen-bond acceptors (Lipinski definition) is 3. The van der Waals surface area contributed by atoms with Crippen molar-refractivity contribution >= 4 is 23.0 Å². The van der Waals surface area contributed by atoms with Gasteiger partial charge in [0.1, 0.15) is 5.75 Å². The van der Waals surface area contributed by atoms with Crippen LogP contribution in [0.1, 0.15) is 11.8 Å². The fraction of sp³-hybridized carbons (Fsp3) is 0.312. The van der Waals surface area contributed by atoms with E-state index in [-0.39, 0.29) is 6.04 Å². The molecule has 2 rings (SSSR count). The van der Waals surface area contributed by atoms with E-state index in [0.717, 1.165) is 17.2 Å². The fourth-order valence-electron chi connectivity index (χ4n) is 2.12. The summed E-state index contributed by atoms with van der Waals surface area (Å²) >= 11 is 5.34. The second-order valence-corrected chi connectivity index (χ2v) is 5.62. The lowest BCUT2D eigenvalue weighted by Gasteiger charge is -2.20. The highest BCUT2D eigenvalue weighted by molar-refractivity contribution is 7.80. The maximum atomic E-state index is 5.49. The van der Waals surface area contributed by atoms with E-state index in [0.29, 0.717) is 11.7 Å². The summed E-state index contributed by atoms with van der Waals surface area (Å²) in [5.74, 6) is 1.76. The lowest BCUT2D eigenvalue weighted by molar-refractivity contribution is -0.891. The van der Waals surface area contributed by atoms with Crippen LogP contribution in [0.4, 0.5) is 5.69 Å². The van der Waals surface area contributed by atoms with Crippen molar-refractivity contribution in [2.24, 2.45) is 0 Å². The molecule has 3 N–H and O–H groups in total. The molecule has 0 saturated carbocycles. The third-order valence-corrected chi connectivity index (χ3v) is 3.64. The van der Waals surface area contributed by atoms with Crippen molar-refractivity contribution < 1.29 is 14.1 Å². The predicted octanol–water partition coefficient (Wildman–Crippen LogP) is 1.46. The predicted molar refractivity (Wildman–Crippen MR) is 91.5 cm³/mol. The summed E-state index contributed by atoms with van der Waals surface area (Å²) in [5, 5.41) is 6.98. The lowest BCUT2D eigenvalue weighted by atomic mass is 10.2. The van der Waals surface area contributed by atoms with Gasteiger partial charge in [-0.3, -0.25) is 0 Å². The first-order chi connectivity index (χ1) is 10.6. The Labute approximate surface area is 136 Å². The molecule has 0 aliphatic carbocycles. The molecule has 1 heterocycles. The summed E-state index contributed by atoms with van der Waals surface area (Å²) in [6.07, 6.45) is 1.69. The van der Waals surface area contributed by atoms with Crippen LogP contribution in [0, 0.1) is 0 Å². The Morgan fingerprint density at radius 2 is 2.00 bits per heavy atom. The van der Waals surface area contributed by atoms with E-state index >= 15 is 0 Å². The second kappa shape index (κ2) is 7.82. The number of furan rings is 1. The van der Waals surface area contributed by atoms with Gasteiger partial charge in [-0.25, -0.2) is 0 Å². The number of anilines is 1. The Morgan fingerprint density at radius 3 is 2.55 bits per heavy atom. The first-order valence-electron chi connectivity index (χ1n) is 7.12. The molecule has 0 radical (unpaired) electrons. The maximum Gasteiger partial charge on any atom is 0.171 e. The molecule has 6 heteroatoms. The summed E-state index contributed by atoms with van der Waals surface area (Å²) in [6, 6.07) is 11.7. The second-order valence-electron chi connectivity index (χ2n) is 5.21. The Hall–Kier alpha value is -2.05. The molecule has 1 aromatic carbocycles.